The van der Waals surface area contributed by atoms with Crippen molar-refractivity contribution in [3.05, 3.63) is 12.2 Å². The third kappa shape index (κ3) is 1.37. The van der Waals surface area contributed by atoms with Gasteiger partial charge in [-0.25, -0.2) is 0 Å². The third-order valence-electron chi connectivity index (χ3n) is 4.57. The summed E-state index contributed by atoms with van der Waals surface area (Å²) in [5.41, 5.74) is -0.842. The Morgan fingerprint density at radius 1 is 1.11 bits per heavy atom. The Balaban J connectivity index is 1.97. The summed E-state index contributed by atoms with van der Waals surface area (Å²) in [4.78, 5) is 26.2. The number of likely N-dealkylation sites (tertiary alicyclic amines) is 1. The zero-order valence-corrected chi connectivity index (χ0v) is 10.3. The minimum absolute atomic E-state index is 0.113. The van der Waals surface area contributed by atoms with Crippen LogP contribution in [0.2, 0.25) is 0 Å². The molecule has 4 heteroatoms. The molecule has 94 valence electrons. The normalized spacial score (nSPS) is 33.6. The van der Waals surface area contributed by atoms with Gasteiger partial charge in [-0.05, 0) is 38.5 Å². The van der Waals surface area contributed by atoms with Crippen molar-refractivity contribution < 1.29 is 9.59 Å². The van der Waals surface area contributed by atoms with Gasteiger partial charge in [-0.15, -0.1) is 0 Å². The fourth-order valence-corrected chi connectivity index (χ4v) is 3.57. The molecule has 2 amide bonds. The van der Waals surface area contributed by atoms with Crippen molar-refractivity contribution in [2.24, 2.45) is 11.8 Å². The van der Waals surface area contributed by atoms with Crippen molar-refractivity contribution in [2.45, 2.75) is 44.1 Å². The van der Waals surface area contributed by atoms with Crippen LogP contribution >= 0.6 is 0 Å². The van der Waals surface area contributed by atoms with Crippen LogP contribution in [0.3, 0.4) is 0 Å². The van der Waals surface area contributed by atoms with Gasteiger partial charge in [-0.1, -0.05) is 12.2 Å². The molecule has 0 aromatic carbocycles. The molecule has 4 nitrogen and oxygen atoms in total. The van der Waals surface area contributed by atoms with E-state index in [9.17, 15) is 14.9 Å². The van der Waals surface area contributed by atoms with E-state index >= 15 is 0 Å². The highest BCUT2D eigenvalue weighted by molar-refractivity contribution is 6.06. The largest absolute Gasteiger partial charge is 0.274 e. The predicted octanol–water partition coefficient (Wildman–Crippen LogP) is 1.77. The Morgan fingerprint density at radius 3 is 2.06 bits per heavy atom. The van der Waals surface area contributed by atoms with Crippen molar-refractivity contribution in [2.75, 3.05) is 0 Å². The van der Waals surface area contributed by atoms with E-state index in [1.807, 2.05) is 12.2 Å². The lowest BCUT2D eigenvalue weighted by molar-refractivity contribution is -0.145. The number of allylic oxidation sites excluding steroid dienone is 2. The van der Waals surface area contributed by atoms with Gasteiger partial charge in [0, 0.05) is 0 Å². The van der Waals surface area contributed by atoms with Crippen LogP contribution < -0.4 is 0 Å². The monoisotopic (exact) mass is 244 g/mol. The van der Waals surface area contributed by atoms with Gasteiger partial charge in [0.15, 0.2) is 0 Å². The predicted molar refractivity (Wildman–Crippen MR) is 64.0 cm³/mol. The van der Waals surface area contributed by atoms with Crippen LogP contribution in [-0.2, 0) is 9.59 Å². The van der Waals surface area contributed by atoms with Crippen molar-refractivity contribution >= 4 is 11.8 Å². The maximum atomic E-state index is 12.4. The highest BCUT2D eigenvalue weighted by Gasteiger charge is 2.56. The molecule has 3 aliphatic rings. The Morgan fingerprint density at radius 2 is 1.61 bits per heavy atom. The smallest absolute Gasteiger partial charge is 0.234 e. The van der Waals surface area contributed by atoms with Gasteiger partial charge in [0.2, 0.25) is 11.8 Å². The second kappa shape index (κ2) is 3.94. The summed E-state index contributed by atoms with van der Waals surface area (Å²) >= 11 is 0. The first-order chi connectivity index (χ1) is 8.69. The van der Waals surface area contributed by atoms with Gasteiger partial charge in [0.25, 0.3) is 0 Å². The molecule has 18 heavy (non-hydrogen) atoms. The molecule has 2 atom stereocenters. The van der Waals surface area contributed by atoms with Crippen molar-refractivity contribution in [1.82, 2.24) is 4.90 Å². The molecule has 1 saturated heterocycles. The number of imide groups is 1. The van der Waals surface area contributed by atoms with E-state index in [4.69, 9.17) is 0 Å². The Labute approximate surface area is 106 Å². The molecule has 1 heterocycles. The van der Waals surface area contributed by atoms with E-state index in [1.165, 1.54) is 4.90 Å². The van der Waals surface area contributed by atoms with Crippen molar-refractivity contribution in [3.63, 3.8) is 0 Å². The molecule has 2 unspecified atom stereocenters. The van der Waals surface area contributed by atoms with Gasteiger partial charge < -0.3 is 0 Å². The van der Waals surface area contributed by atoms with Gasteiger partial charge in [-0.3, -0.25) is 14.5 Å². The van der Waals surface area contributed by atoms with Crippen LogP contribution in [0.25, 0.3) is 0 Å². The minimum atomic E-state index is -0.842. The first-order valence-corrected chi connectivity index (χ1v) is 6.64. The second-order valence-corrected chi connectivity index (χ2v) is 5.52. The van der Waals surface area contributed by atoms with Crippen molar-refractivity contribution in [3.8, 4) is 6.07 Å². The van der Waals surface area contributed by atoms with Crippen LogP contribution in [0.4, 0.5) is 0 Å². The number of nitrogens with zero attached hydrogens (tertiary/aromatic N) is 2. The Hall–Kier alpha value is -1.63. The van der Waals surface area contributed by atoms with E-state index in [2.05, 4.69) is 6.07 Å². The quantitative estimate of drug-likeness (QED) is 0.521. The fraction of sp³-hybridized carbons (Fsp3) is 0.643. The van der Waals surface area contributed by atoms with E-state index in [0.717, 1.165) is 12.8 Å². The lowest BCUT2D eigenvalue weighted by atomic mass is 9.85. The molecular formula is C14H16N2O2. The van der Waals surface area contributed by atoms with Gasteiger partial charge in [-0.2, -0.15) is 5.26 Å². The van der Waals surface area contributed by atoms with Gasteiger partial charge in [0.1, 0.15) is 5.54 Å². The standard InChI is InChI=1S/C14H16N2O2/c15-9-14(7-3-4-8-14)16-12(17)10-5-1-2-6-11(10)13(16)18/h1-2,10-11H,3-8H2. The molecule has 0 spiro atoms. The number of hydrogen-bond donors (Lipinski definition) is 0. The van der Waals surface area contributed by atoms with Gasteiger partial charge >= 0.3 is 0 Å². The van der Waals surface area contributed by atoms with Crippen LogP contribution in [0.15, 0.2) is 12.2 Å². The lowest BCUT2D eigenvalue weighted by Gasteiger charge is -2.30. The molecule has 0 radical (unpaired) electrons. The summed E-state index contributed by atoms with van der Waals surface area (Å²) in [7, 11) is 0. The molecular weight excluding hydrogens is 228 g/mol. The Kier molecular flexibility index (Phi) is 2.51. The second-order valence-electron chi connectivity index (χ2n) is 5.52. The molecule has 0 aromatic rings. The molecule has 0 bridgehead atoms. The van der Waals surface area contributed by atoms with Crippen LogP contribution in [0, 0.1) is 23.2 Å². The van der Waals surface area contributed by atoms with Crippen LogP contribution in [0.5, 0.6) is 0 Å². The third-order valence-corrected chi connectivity index (χ3v) is 4.57. The van der Waals surface area contributed by atoms with Crippen LogP contribution in [-0.4, -0.2) is 22.3 Å². The van der Waals surface area contributed by atoms with Crippen LogP contribution in [0.1, 0.15) is 38.5 Å². The van der Waals surface area contributed by atoms with E-state index in [0.29, 0.717) is 25.7 Å². The molecule has 0 N–H and O–H groups in total. The number of hydrogen-bond acceptors (Lipinski definition) is 3. The van der Waals surface area contributed by atoms with E-state index < -0.39 is 5.54 Å². The lowest BCUT2D eigenvalue weighted by Crippen LogP contribution is -2.49. The van der Waals surface area contributed by atoms with Crippen molar-refractivity contribution in [1.29, 1.82) is 5.26 Å². The summed E-state index contributed by atoms with van der Waals surface area (Å²) in [5, 5.41) is 9.43. The average molecular weight is 244 g/mol. The maximum absolute atomic E-state index is 12.4. The van der Waals surface area contributed by atoms with E-state index in [1.54, 1.807) is 0 Å². The minimum Gasteiger partial charge on any atom is -0.274 e. The number of fused-ring (bicyclic) bond motifs is 1. The summed E-state index contributed by atoms with van der Waals surface area (Å²) in [6.07, 6.45) is 8.39. The Bertz CT molecular complexity index is 443. The summed E-state index contributed by atoms with van der Waals surface area (Å²) in [6, 6.07) is 2.25. The molecule has 2 fully saturated rings. The van der Waals surface area contributed by atoms with Gasteiger partial charge in [0.05, 0.1) is 17.9 Å². The first-order valence-electron chi connectivity index (χ1n) is 6.64. The number of nitriles is 1. The zero-order chi connectivity index (χ0) is 12.8. The number of carbonyl (C=O) groups excluding carboxylic acids is 2. The zero-order valence-electron chi connectivity index (χ0n) is 10.3. The number of carbonyl (C=O) groups is 2. The molecule has 1 saturated carbocycles. The molecule has 2 aliphatic carbocycles. The SMILES string of the molecule is N#CC1(N2C(=O)C3CC=CCC3C2=O)CCCC1. The highest BCUT2D eigenvalue weighted by atomic mass is 16.2. The first kappa shape index (κ1) is 11.5. The molecule has 3 rings (SSSR count). The summed E-state index contributed by atoms with van der Waals surface area (Å²) in [6.45, 7) is 0. The number of amides is 2. The average Bonchev–Trinajstić information content (AvgIpc) is 2.96. The summed E-state index contributed by atoms with van der Waals surface area (Å²) in [5.74, 6) is -0.655. The summed E-state index contributed by atoms with van der Waals surface area (Å²) < 4.78 is 0. The molecule has 1 aliphatic heterocycles. The maximum Gasteiger partial charge on any atom is 0.234 e. The highest BCUT2D eigenvalue weighted by Crippen LogP contribution is 2.43. The van der Waals surface area contributed by atoms with E-state index in [-0.39, 0.29) is 23.7 Å². The fourth-order valence-electron chi connectivity index (χ4n) is 3.57. The molecule has 0 aromatic heterocycles. The topological polar surface area (TPSA) is 61.2 Å². The number of rotatable bonds is 1.